The summed E-state index contributed by atoms with van der Waals surface area (Å²) in [4.78, 5) is 0.0140. The third-order valence-electron chi connectivity index (χ3n) is 3.36. The standard InChI is InChI=1S/C10H20N2O3S2/c1-3-8(9(11)16)17(13,14)12-7-10(15-2)5-4-6-10/h8,12H,3-7H2,1-2H3,(H2,11,16). The van der Waals surface area contributed by atoms with Crippen LogP contribution < -0.4 is 10.5 Å². The van der Waals surface area contributed by atoms with Crippen molar-refractivity contribution >= 4 is 27.2 Å². The van der Waals surface area contributed by atoms with Gasteiger partial charge in [-0.2, -0.15) is 0 Å². The molecule has 1 aliphatic rings. The van der Waals surface area contributed by atoms with Crippen LogP contribution in [0.2, 0.25) is 0 Å². The maximum Gasteiger partial charge on any atom is 0.221 e. The second-order valence-electron chi connectivity index (χ2n) is 4.41. The Balaban J connectivity index is 2.63. The van der Waals surface area contributed by atoms with Crippen molar-refractivity contribution in [2.24, 2.45) is 5.73 Å². The molecule has 0 saturated heterocycles. The van der Waals surface area contributed by atoms with E-state index in [1.807, 2.05) is 0 Å². The summed E-state index contributed by atoms with van der Waals surface area (Å²) in [5.41, 5.74) is 5.10. The maximum absolute atomic E-state index is 12.0. The molecule has 0 aliphatic heterocycles. The van der Waals surface area contributed by atoms with Gasteiger partial charge in [0.05, 0.1) is 10.6 Å². The van der Waals surface area contributed by atoms with Crippen LogP contribution in [0.15, 0.2) is 0 Å². The fraction of sp³-hybridized carbons (Fsp3) is 0.900. The minimum absolute atomic E-state index is 0.0140. The summed E-state index contributed by atoms with van der Waals surface area (Å²) in [5, 5.41) is -0.800. The minimum Gasteiger partial charge on any atom is -0.392 e. The van der Waals surface area contributed by atoms with Crippen LogP contribution in [0.3, 0.4) is 0 Å². The molecule has 17 heavy (non-hydrogen) atoms. The van der Waals surface area contributed by atoms with Crippen LogP contribution in [0.25, 0.3) is 0 Å². The molecule has 1 fully saturated rings. The maximum atomic E-state index is 12.0. The Labute approximate surface area is 108 Å². The molecule has 0 spiro atoms. The molecule has 100 valence electrons. The predicted octanol–water partition coefficient (Wildman–Crippen LogP) is 0.540. The van der Waals surface area contributed by atoms with E-state index in [0.29, 0.717) is 13.0 Å². The molecule has 1 rings (SSSR count). The van der Waals surface area contributed by atoms with Gasteiger partial charge in [-0.1, -0.05) is 19.1 Å². The lowest BCUT2D eigenvalue weighted by atomic mass is 9.80. The van der Waals surface area contributed by atoms with Gasteiger partial charge in [-0.3, -0.25) is 0 Å². The van der Waals surface area contributed by atoms with E-state index >= 15 is 0 Å². The lowest BCUT2D eigenvalue weighted by molar-refractivity contribution is -0.0659. The Morgan fingerprint density at radius 1 is 1.59 bits per heavy atom. The summed E-state index contributed by atoms with van der Waals surface area (Å²) in [5.74, 6) is 0. The van der Waals surface area contributed by atoms with Crippen LogP contribution in [0.5, 0.6) is 0 Å². The van der Waals surface area contributed by atoms with E-state index in [1.54, 1.807) is 14.0 Å². The first-order valence-electron chi connectivity index (χ1n) is 5.70. The average Bonchev–Trinajstić information content (AvgIpc) is 2.16. The zero-order valence-corrected chi connectivity index (χ0v) is 11.9. The zero-order chi connectivity index (χ0) is 13.1. The fourth-order valence-corrected chi connectivity index (χ4v) is 3.89. The topological polar surface area (TPSA) is 81.4 Å². The molecule has 7 heteroatoms. The number of nitrogens with one attached hydrogen (secondary N) is 1. The van der Waals surface area contributed by atoms with E-state index in [0.717, 1.165) is 19.3 Å². The highest BCUT2D eigenvalue weighted by Crippen LogP contribution is 2.34. The molecule has 0 amide bonds. The first-order chi connectivity index (χ1) is 7.87. The highest BCUT2D eigenvalue weighted by Gasteiger charge is 2.39. The summed E-state index contributed by atoms with van der Waals surface area (Å²) < 4.78 is 31.9. The summed E-state index contributed by atoms with van der Waals surface area (Å²) in [6.45, 7) is 2.05. The first kappa shape index (κ1) is 14.8. The average molecular weight is 280 g/mol. The van der Waals surface area contributed by atoms with Crippen molar-refractivity contribution in [2.45, 2.75) is 43.5 Å². The van der Waals surface area contributed by atoms with Crippen LogP contribution in [0.4, 0.5) is 0 Å². The smallest absolute Gasteiger partial charge is 0.221 e. The Hall–Kier alpha value is -0.240. The van der Waals surface area contributed by atoms with Crippen molar-refractivity contribution < 1.29 is 13.2 Å². The molecule has 0 heterocycles. The van der Waals surface area contributed by atoms with Gasteiger partial charge in [0.25, 0.3) is 0 Å². The van der Waals surface area contributed by atoms with Crippen LogP contribution in [-0.4, -0.2) is 37.9 Å². The van der Waals surface area contributed by atoms with Gasteiger partial charge in [0.2, 0.25) is 10.0 Å². The lowest BCUT2D eigenvalue weighted by Gasteiger charge is -2.40. The van der Waals surface area contributed by atoms with E-state index in [4.69, 9.17) is 22.7 Å². The largest absolute Gasteiger partial charge is 0.392 e. The Bertz CT molecular complexity index is 372. The van der Waals surface area contributed by atoms with E-state index in [2.05, 4.69) is 4.72 Å². The minimum atomic E-state index is -3.49. The van der Waals surface area contributed by atoms with E-state index in [9.17, 15) is 8.42 Å². The Kier molecular flexibility index (Phi) is 4.88. The number of hydrogen-bond acceptors (Lipinski definition) is 4. The van der Waals surface area contributed by atoms with Crippen molar-refractivity contribution in [2.75, 3.05) is 13.7 Å². The van der Waals surface area contributed by atoms with Gasteiger partial charge < -0.3 is 10.5 Å². The SMILES string of the molecule is CCC(C(N)=S)S(=O)(=O)NCC1(OC)CCC1. The fourth-order valence-electron chi connectivity index (χ4n) is 1.93. The molecule has 0 bridgehead atoms. The van der Waals surface area contributed by atoms with Gasteiger partial charge >= 0.3 is 0 Å². The number of ether oxygens (including phenoxy) is 1. The van der Waals surface area contributed by atoms with E-state index < -0.39 is 15.3 Å². The molecule has 3 N–H and O–H groups in total. The molecular formula is C10H20N2O3S2. The van der Waals surface area contributed by atoms with Gasteiger partial charge in [-0.25, -0.2) is 13.1 Å². The van der Waals surface area contributed by atoms with Crippen molar-refractivity contribution in [3.63, 3.8) is 0 Å². The normalized spacial score (nSPS) is 20.6. The lowest BCUT2D eigenvalue weighted by Crippen LogP contribution is -2.52. The van der Waals surface area contributed by atoms with Gasteiger partial charge in [-0.05, 0) is 25.7 Å². The molecule has 0 aromatic rings. The van der Waals surface area contributed by atoms with Crippen LogP contribution in [0, 0.1) is 0 Å². The van der Waals surface area contributed by atoms with E-state index in [1.165, 1.54) is 0 Å². The zero-order valence-electron chi connectivity index (χ0n) is 10.2. The summed E-state index contributed by atoms with van der Waals surface area (Å²) in [6.07, 6.45) is 3.22. The number of methoxy groups -OCH3 is 1. The number of sulfonamides is 1. The number of hydrogen-bond donors (Lipinski definition) is 2. The summed E-state index contributed by atoms with van der Waals surface area (Å²) in [6, 6.07) is 0. The monoisotopic (exact) mass is 280 g/mol. The van der Waals surface area contributed by atoms with Crippen LogP contribution >= 0.6 is 12.2 Å². The number of rotatable bonds is 7. The number of thiocarbonyl (C=S) groups is 1. The molecule has 1 aliphatic carbocycles. The molecule has 0 aromatic carbocycles. The highest BCUT2D eigenvalue weighted by atomic mass is 32.2. The summed E-state index contributed by atoms with van der Waals surface area (Å²) >= 11 is 4.77. The van der Waals surface area contributed by atoms with Crippen LogP contribution in [-0.2, 0) is 14.8 Å². The molecule has 1 unspecified atom stereocenters. The van der Waals surface area contributed by atoms with Crippen molar-refractivity contribution in [1.82, 2.24) is 4.72 Å². The number of nitrogens with two attached hydrogens (primary N) is 1. The molecular weight excluding hydrogens is 260 g/mol. The second kappa shape index (κ2) is 5.60. The Morgan fingerprint density at radius 3 is 2.47 bits per heavy atom. The van der Waals surface area contributed by atoms with Gasteiger partial charge in [0, 0.05) is 13.7 Å². The first-order valence-corrected chi connectivity index (χ1v) is 7.65. The molecule has 0 radical (unpaired) electrons. The van der Waals surface area contributed by atoms with Crippen molar-refractivity contribution in [3.05, 3.63) is 0 Å². The van der Waals surface area contributed by atoms with Gasteiger partial charge in [0.1, 0.15) is 5.25 Å². The highest BCUT2D eigenvalue weighted by molar-refractivity contribution is 7.93. The molecule has 1 atom stereocenters. The van der Waals surface area contributed by atoms with Crippen molar-refractivity contribution in [3.8, 4) is 0 Å². The molecule has 5 nitrogen and oxygen atoms in total. The predicted molar refractivity (Wildman–Crippen MR) is 71.4 cm³/mol. The summed E-state index contributed by atoms with van der Waals surface area (Å²) in [7, 11) is -1.88. The molecule has 0 aromatic heterocycles. The third kappa shape index (κ3) is 3.37. The van der Waals surface area contributed by atoms with Gasteiger partial charge in [0.15, 0.2) is 0 Å². The second-order valence-corrected chi connectivity index (χ2v) is 6.83. The van der Waals surface area contributed by atoms with Crippen LogP contribution in [0.1, 0.15) is 32.6 Å². The molecule has 1 saturated carbocycles. The quantitative estimate of drug-likeness (QED) is 0.665. The van der Waals surface area contributed by atoms with E-state index in [-0.39, 0.29) is 10.6 Å². The van der Waals surface area contributed by atoms with Crippen molar-refractivity contribution in [1.29, 1.82) is 0 Å². The Morgan fingerprint density at radius 2 is 2.18 bits per heavy atom. The third-order valence-corrected chi connectivity index (χ3v) is 5.67. The van der Waals surface area contributed by atoms with Gasteiger partial charge in [-0.15, -0.1) is 0 Å².